The molecular formula is C15H19NO4S. The molecule has 1 saturated heterocycles. The second kappa shape index (κ2) is 6.58. The highest BCUT2D eigenvalue weighted by Gasteiger charge is 2.35. The minimum absolute atomic E-state index is 0.0851. The molecule has 2 heterocycles. The molecule has 5 nitrogen and oxygen atoms in total. The van der Waals surface area contributed by atoms with Crippen molar-refractivity contribution < 1.29 is 19.7 Å². The Bertz CT molecular complexity index is 570. The largest absolute Gasteiger partial charge is 0.394 e. The van der Waals surface area contributed by atoms with Gasteiger partial charge in [0.15, 0.2) is 0 Å². The number of thiophene rings is 1. The number of rotatable bonds is 2. The molecule has 2 N–H and O–H groups in total. The van der Waals surface area contributed by atoms with Gasteiger partial charge in [0.25, 0.3) is 5.91 Å². The Morgan fingerprint density at radius 3 is 3.00 bits per heavy atom. The maximum absolute atomic E-state index is 12.5. The van der Waals surface area contributed by atoms with E-state index in [1.165, 1.54) is 11.3 Å². The molecule has 1 amide bonds. The number of hydrogen-bond donors (Lipinski definition) is 2. The molecule has 114 valence electrons. The quantitative estimate of drug-likeness (QED) is 0.789. The van der Waals surface area contributed by atoms with Crippen molar-refractivity contribution in [1.29, 1.82) is 0 Å². The van der Waals surface area contributed by atoms with Crippen molar-refractivity contribution in [3.63, 3.8) is 0 Å². The Morgan fingerprint density at radius 1 is 1.57 bits per heavy atom. The number of aliphatic hydroxyl groups is 2. The molecule has 0 aromatic carbocycles. The SMILES string of the molecule is CC1(C)CN(C(=O)c2csc(C#CCO)c2)CC(CO)O1. The fourth-order valence-corrected chi connectivity index (χ4v) is 3.12. The number of aliphatic hydroxyl groups excluding tert-OH is 2. The third kappa shape index (κ3) is 4.05. The number of nitrogens with zero attached hydrogens (tertiary/aromatic N) is 1. The predicted molar refractivity (Wildman–Crippen MR) is 80.2 cm³/mol. The molecule has 0 aliphatic carbocycles. The first-order chi connectivity index (χ1) is 9.95. The van der Waals surface area contributed by atoms with Gasteiger partial charge in [0.2, 0.25) is 0 Å². The van der Waals surface area contributed by atoms with Gasteiger partial charge in [-0.3, -0.25) is 4.79 Å². The molecule has 1 aliphatic rings. The zero-order chi connectivity index (χ0) is 15.5. The molecule has 1 atom stereocenters. The monoisotopic (exact) mass is 309 g/mol. The van der Waals surface area contributed by atoms with Crippen LogP contribution < -0.4 is 0 Å². The van der Waals surface area contributed by atoms with Crippen molar-refractivity contribution in [2.45, 2.75) is 25.6 Å². The molecule has 1 aromatic heterocycles. The van der Waals surface area contributed by atoms with Crippen molar-refractivity contribution in [3.8, 4) is 11.8 Å². The summed E-state index contributed by atoms with van der Waals surface area (Å²) in [7, 11) is 0. The van der Waals surface area contributed by atoms with Gasteiger partial charge in [-0.05, 0) is 19.9 Å². The molecule has 0 bridgehead atoms. The van der Waals surface area contributed by atoms with Gasteiger partial charge in [-0.2, -0.15) is 0 Å². The lowest BCUT2D eigenvalue weighted by Gasteiger charge is -2.42. The third-order valence-corrected chi connectivity index (χ3v) is 3.95. The van der Waals surface area contributed by atoms with Gasteiger partial charge in [0.1, 0.15) is 6.61 Å². The molecule has 1 aliphatic heterocycles. The van der Waals surface area contributed by atoms with E-state index in [1.807, 2.05) is 13.8 Å². The number of carbonyl (C=O) groups excluding carboxylic acids is 1. The van der Waals surface area contributed by atoms with Crippen molar-refractivity contribution >= 4 is 17.2 Å². The summed E-state index contributed by atoms with van der Waals surface area (Å²) < 4.78 is 5.71. The number of carbonyl (C=O) groups is 1. The Kier molecular flexibility index (Phi) is 5.01. The van der Waals surface area contributed by atoms with Crippen LogP contribution in [0.3, 0.4) is 0 Å². The Labute approximate surface area is 128 Å². The topological polar surface area (TPSA) is 70.0 Å². The zero-order valence-electron chi connectivity index (χ0n) is 12.1. The van der Waals surface area contributed by atoms with Crippen LogP contribution in [0.4, 0.5) is 0 Å². The lowest BCUT2D eigenvalue weighted by Crippen LogP contribution is -2.55. The first-order valence-corrected chi connectivity index (χ1v) is 7.59. The minimum Gasteiger partial charge on any atom is -0.394 e. The average molecular weight is 309 g/mol. The number of morpholine rings is 1. The molecule has 6 heteroatoms. The minimum atomic E-state index is -0.475. The van der Waals surface area contributed by atoms with Crippen LogP contribution in [0.2, 0.25) is 0 Å². The molecule has 1 fully saturated rings. The van der Waals surface area contributed by atoms with Crippen LogP contribution >= 0.6 is 11.3 Å². The fraction of sp³-hybridized carbons (Fsp3) is 0.533. The molecule has 1 unspecified atom stereocenters. The molecule has 2 rings (SSSR count). The van der Waals surface area contributed by atoms with Crippen molar-refractivity contribution in [1.82, 2.24) is 4.90 Å². The van der Waals surface area contributed by atoms with E-state index in [1.54, 1.807) is 16.3 Å². The molecule has 21 heavy (non-hydrogen) atoms. The van der Waals surface area contributed by atoms with Crippen LogP contribution in [0.15, 0.2) is 11.4 Å². The van der Waals surface area contributed by atoms with Crippen LogP contribution in [0, 0.1) is 11.8 Å². The summed E-state index contributed by atoms with van der Waals surface area (Å²) in [5.41, 5.74) is 0.105. The van der Waals surface area contributed by atoms with E-state index in [4.69, 9.17) is 9.84 Å². The first-order valence-electron chi connectivity index (χ1n) is 6.71. The van der Waals surface area contributed by atoms with Crippen molar-refractivity contribution in [2.24, 2.45) is 0 Å². The first kappa shape index (κ1) is 16.0. The normalized spacial score (nSPS) is 20.8. The molecule has 0 radical (unpaired) electrons. The van der Waals surface area contributed by atoms with E-state index in [-0.39, 0.29) is 25.2 Å². The van der Waals surface area contributed by atoms with E-state index in [0.29, 0.717) is 18.7 Å². The highest BCUT2D eigenvalue weighted by atomic mass is 32.1. The highest BCUT2D eigenvalue weighted by molar-refractivity contribution is 7.10. The molecule has 0 saturated carbocycles. The summed E-state index contributed by atoms with van der Waals surface area (Å²) in [5, 5.41) is 19.7. The summed E-state index contributed by atoms with van der Waals surface area (Å²) in [6.45, 7) is 4.37. The predicted octanol–water partition coefficient (Wildman–Crippen LogP) is 0.704. The van der Waals surface area contributed by atoms with E-state index < -0.39 is 5.60 Å². The highest BCUT2D eigenvalue weighted by Crippen LogP contribution is 2.23. The maximum Gasteiger partial charge on any atom is 0.254 e. The maximum atomic E-state index is 12.5. The van der Waals surface area contributed by atoms with Crippen molar-refractivity contribution in [2.75, 3.05) is 26.3 Å². The number of amides is 1. The second-order valence-electron chi connectivity index (χ2n) is 5.53. The molecule has 1 aromatic rings. The fourth-order valence-electron chi connectivity index (χ4n) is 2.37. The lowest BCUT2D eigenvalue weighted by molar-refractivity contribution is -0.139. The van der Waals surface area contributed by atoms with Gasteiger partial charge < -0.3 is 19.8 Å². The van der Waals surface area contributed by atoms with Crippen LogP contribution in [0.1, 0.15) is 29.1 Å². The Balaban J connectivity index is 2.13. The Morgan fingerprint density at radius 2 is 2.33 bits per heavy atom. The number of hydrogen-bond acceptors (Lipinski definition) is 5. The van der Waals surface area contributed by atoms with E-state index in [0.717, 1.165) is 4.88 Å². The van der Waals surface area contributed by atoms with Crippen molar-refractivity contribution in [3.05, 3.63) is 21.9 Å². The molecule has 0 spiro atoms. The van der Waals surface area contributed by atoms with Gasteiger partial charge in [-0.25, -0.2) is 0 Å². The summed E-state index contributed by atoms with van der Waals surface area (Å²) in [6.07, 6.45) is -0.356. The van der Waals surface area contributed by atoms with Crippen LogP contribution in [0.5, 0.6) is 0 Å². The summed E-state index contributed by atoms with van der Waals surface area (Å²) in [5.74, 6) is 5.27. The average Bonchev–Trinajstić information content (AvgIpc) is 2.91. The zero-order valence-corrected chi connectivity index (χ0v) is 12.9. The van der Waals surface area contributed by atoms with Gasteiger partial charge in [0, 0.05) is 18.5 Å². The summed E-state index contributed by atoms with van der Waals surface area (Å²) >= 11 is 1.38. The van der Waals surface area contributed by atoms with Crippen LogP contribution in [-0.4, -0.2) is 59.0 Å². The number of ether oxygens (including phenoxy) is 1. The van der Waals surface area contributed by atoms with Gasteiger partial charge >= 0.3 is 0 Å². The van der Waals surface area contributed by atoms with Crippen LogP contribution in [-0.2, 0) is 4.74 Å². The van der Waals surface area contributed by atoms with Gasteiger partial charge in [0.05, 0.1) is 28.8 Å². The lowest BCUT2D eigenvalue weighted by atomic mass is 10.0. The van der Waals surface area contributed by atoms with E-state index in [2.05, 4.69) is 11.8 Å². The smallest absolute Gasteiger partial charge is 0.254 e. The Hall–Kier alpha value is -1.39. The second-order valence-corrected chi connectivity index (χ2v) is 6.44. The van der Waals surface area contributed by atoms with E-state index >= 15 is 0 Å². The van der Waals surface area contributed by atoms with E-state index in [9.17, 15) is 9.90 Å². The van der Waals surface area contributed by atoms with Gasteiger partial charge in [-0.1, -0.05) is 11.8 Å². The standard InChI is InChI=1S/C15H19NO4S/c1-15(2)10-16(7-12(8-18)20-15)14(19)11-6-13(21-9-11)4-3-5-17/h6,9,12,17-18H,5,7-8,10H2,1-2H3. The summed E-state index contributed by atoms with van der Waals surface area (Å²) in [4.78, 5) is 15.0. The summed E-state index contributed by atoms with van der Waals surface area (Å²) in [6, 6.07) is 1.73. The molecular weight excluding hydrogens is 290 g/mol. The third-order valence-electron chi connectivity index (χ3n) is 3.11. The van der Waals surface area contributed by atoms with Crippen LogP contribution in [0.25, 0.3) is 0 Å². The van der Waals surface area contributed by atoms with Gasteiger partial charge in [-0.15, -0.1) is 11.3 Å².